The third-order valence-corrected chi connectivity index (χ3v) is 6.14. The van der Waals surface area contributed by atoms with Crippen molar-refractivity contribution in [3.63, 3.8) is 0 Å². The van der Waals surface area contributed by atoms with Crippen LogP contribution in [0.5, 0.6) is 0 Å². The fourth-order valence-corrected chi connectivity index (χ4v) is 4.46. The lowest BCUT2D eigenvalue weighted by Gasteiger charge is -2.67. The molecule has 3 fully saturated rings. The van der Waals surface area contributed by atoms with Crippen LogP contribution in [0.2, 0.25) is 0 Å². The first-order chi connectivity index (χ1) is 9.39. The summed E-state index contributed by atoms with van der Waals surface area (Å²) >= 11 is 0. The van der Waals surface area contributed by atoms with Crippen LogP contribution in [0.1, 0.15) is 46.5 Å². The summed E-state index contributed by atoms with van der Waals surface area (Å²) in [6.45, 7) is 10.3. The monoisotopic (exact) mass is 282 g/mol. The first-order valence-corrected chi connectivity index (χ1v) is 8.12. The molecule has 0 amide bonds. The maximum absolute atomic E-state index is 6.83. The molecule has 0 aromatic carbocycles. The van der Waals surface area contributed by atoms with Gasteiger partial charge < -0.3 is 20.5 Å². The summed E-state index contributed by atoms with van der Waals surface area (Å²) in [4.78, 5) is 0. The lowest BCUT2D eigenvalue weighted by atomic mass is 9.46. The Hall–Kier alpha value is -0.160. The van der Waals surface area contributed by atoms with Gasteiger partial charge in [-0.15, -0.1) is 0 Å². The molecule has 2 aliphatic heterocycles. The van der Waals surface area contributed by atoms with Crippen LogP contribution in [0.4, 0.5) is 0 Å². The van der Waals surface area contributed by atoms with E-state index in [2.05, 4.69) is 26.1 Å². The van der Waals surface area contributed by atoms with Crippen molar-refractivity contribution in [2.45, 2.75) is 63.6 Å². The molecular weight excluding hydrogens is 252 g/mol. The maximum Gasteiger partial charge on any atom is 0.0690 e. The molecule has 0 bridgehead atoms. The Balaban J connectivity index is 1.66. The highest BCUT2D eigenvalue weighted by atomic mass is 16.5. The van der Waals surface area contributed by atoms with E-state index in [0.29, 0.717) is 12.0 Å². The predicted molar refractivity (Wildman–Crippen MR) is 79.6 cm³/mol. The Morgan fingerprint density at radius 2 is 2.00 bits per heavy atom. The topological polar surface area (TPSA) is 56.5 Å². The van der Waals surface area contributed by atoms with E-state index in [1.807, 2.05) is 0 Å². The molecule has 4 nitrogen and oxygen atoms in total. The number of hydrogen-bond donors (Lipinski definition) is 2. The van der Waals surface area contributed by atoms with Gasteiger partial charge >= 0.3 is 0 Å². The first-order valence-electron chi connectivity index (χ1n) is 8.12. The van der Waals surface area contributed by atoms with Crippen molar-refractivity contribution in [1.29, 1.82) is 0 Å². The van der Waals surface area contributed by atoms with Crippen LogP contribution in [0, 0.1) is 11.3 Å². The third kappa shape index (κ3) is 2.12. The van der Waals surface area contributed by atoms with Crippen molar-refractivity contribution in [2.24, 2.45) is 17.1 Å². The summed E-state index contributed by atoms with van der Waals surface area (Å²) in [7, 11) is 0. The van der Waals surface area contributed by atoms with Crippen molar-refractivity contribution in [3.8, 4) is 0 Å². The summed E-state index contributed by atoms with van der Waals surface area (Å²) in [6, 6.07) is 0. The van der Waals surface area contributed by atoms with Gasteiger partial charge in [0.15, 0.2) is 0 Å². The van der Waals surface area contributed by atoms with Gasteiger partial charge in [0.2, 0.25) is 0 Å². The van der Waals surface area contributed by atoms with E-state index in [1.165, 1.54) is 12.8 Å². The molecule has 20 heavy (non-hydrogen) atoms. The van der Waals surface area contributed by atoms with Gasteiger partial charge in [-0.3, -0.25) is 0 Å². The van der Waals surface area contributed by atoms with E-state index in [4.69, 9.17) is 15.2 Å². The van der Waals surface area contributed by atoms with Gasteiger partial charge in [-0.2, -0.15) is 0 Å². The van der Waals surface area contributed by atoms with E-state index < -0.39 is 0 Å². The Labute approximate surface area is 122 Å². The van der Waals surface area contributed by atoms with Crippen LogP contribution in [-0.2, 0) is 9.47 Å². The van der Waals surface area contributed by atoms with Crippen LogP contribution in [-0.4, -0.2) is 43.5 Å². The van der Waals surface area contributed by atoms with Gasteiger partial charge in [-0.1, -0.05) is 13.8 Å². The van der Waals surface area contributed by atoms with E-state index >= 15 is 0 Å². The maximum atomic E-state index is 6.83. The van der Waals surface area contributed by atoms with Gasteiger partial charge in [-0.25, -0.2) is 0 Å². The predicted octanol–water partition coefficient (Wildman–Crippen LogP) is 1.68. The second kappa shape index (κ2) is 4.94. The number of ether oxygens (including phenoxy) is 2. The minimum atomic E-state index is -0.154. The van der Waals surface area contributed by atoms with Gasteiger partial charge in [0.05, 0.1) is 12.7 Å². The zero-order chi connectivity index (χ0) is 14.4. The highest BCUT2D eigenvalue weighted by Gasteiger charge is 2.66. The van der Waals surface area contributed by atoms with Crippen LogP contribution in [0.15, 0.2) is 0 Å². The van der Waals surface area contributed by atoms with E-state index in [1.54, 1.807) is 0 Å². The molecule has 1 saturated carbocycles. The summed E-state index contributed by atoms with van der Waals surface area (Å²) in [5.74, 6) is 0.506. The zero-order valence-corrected chi connectivity index (χ0v) is 13.2. The second-order valence-electron chi connectivity index (χ2n) is 7.87. The molecule has 3 rings (SSSR count). The average Bonchev–Trinajstić information content (AvgIpc) is 2.45. The molecule has 4 atom stereocenters. The molecule has 4 heteroatoms. The van der Waals surface area contributed by atoms with Gasteiger partial charge in [0.1, 0.15) is 0 Å². The van der Waals surface area contributed by atoms with Crippen molar-refractivity contribution in [3.05, 3.63) is 0 Å². The Kier molecular flexibility index (Phi) is 3.65. The van der Waals surface area contributed by atoms with Crippen molar-refractivity contribution < 1.29 is 9.47 Å². The molecule has 1 aliphatic carbocycles. The smallest absolute Gasteiger partial charge is 0.0690 e. The fraction of sp³-hybridized carbons (Fsp3) is 1.00. The quantitative estimate of drug-likeness (QED) is 0.827. The number of nitrogens with two attached hydrogens (primary N) is 1. The number of hydrogen-bond acceptors (Lipinski definition) is 4. The van der Waals surface area contributed by atoms with E-state index in [0.717, 1.165) is 39.2 Å². The van der Waals surface area contributed by atoms with Gasteiger partial charge in [0, 0.05) is 42.2 Å². The van der Waals surface area contributed by atoms with Crippen molar-refractivity contribution in [1.82, 2.24) is 5.32 Å². The average molecular weight is 282 g/mol. The zero-order valence-electron chi connectivity index (χ0n) is 13.2. The molecule has 2 heterocycles. The second-order valence-corrected chi connectivity index (χ2v) is 7.87. The largest absolute Gasteiger partial charge is 0.380 e. The van der Waals surface area contributed by atoms with Crippen LogP contribution in [0.25, 0.3) is 0 Å². The number of nitrogens with one attached hydrogen (secondary N) is 1. The van der Waals surface area contributed by atoms with Crippen LogP contribution < -0.4 is 11.1 Å². The normalized spacial score (nSPS) is 47.4. The van der Waals surface area contributed by atoms with Crippen molar-refractivity contribution in [2.75, 3.05) is 26.4 Å². The third-order valence-electron chi connectivity index (χ3n) is 6.14. The molecule has 116 valence electrons. The standard InChI is InChI=1S/C16H30N2O2/c1-14(2)13-12(6-4-9-20-13)16(14,17)10-18-15(3)7-5-8-19-11-15/h12-13,18H,4-11,17H2,1-3H3. The summed E-state index contributed by atoms with van der Waals surface area (Å²) < 4.78 is 11.6. The molecule has 0 spiro atoms. The highest BCUT2D eigenvalue weighted by molar-refractivity contribution is 5.21. The van der Waals surface area contributed by atoms with Crippen LogP contribution in [0.3, 0.4) is 0 Å². The molecular formula is C16H30N2O2. The number of rotatable bonds is 3. The fourth-order valence-electron chi connectivity index (χ4n) is 4.46. The molecule has 4 unspecified atom stereocenters. The van der Waals surface area contributed by atoms with E-state index in [-0.39, 0.29) is 16.5 Å². The molecule has 2 saturated heterocycles. The summed E-state index contributed by atoms with van der Waals surface area (Å²) in [5, 5.41) is 3.72. The summed E-state index contributed by atoms with van der Waals surface area (Å²) in [6.07, 6.45) is 5.02. The van der Waals surface area contributed by atoms with E-state index in [9.17, 15) is 0 Å². The van der Waals surface area contributed by atoms with Gasteiger partial charge in [0.25, 0.3) is 0 Å². The Morgan fingerprint density at radius 1 is 1.20 bits per heavy atom. The first kappa shape index (κ1) is 14.8. The summed E-state index contributed by atoms with van der Waals surface area (Å²) in [5.41, 5.74) is 6.81. The highest BCUT2D eigenvalue weighted by Crippen LogP contribution is 2.57. The molecule has 0 aromatic rings. The SMILES string of the molecule is CC1(NCC2(N)C3CCCOC3C2(C)C)CCCOC1. The Bertz CT molecular complexity index is 365. The lowest BCUT2D eigenvalue weighted by molar-refractivity contribution is -0.227. The molecule has 0 aromatic heterocycles. The molecule has 3 N–H and O–H groups in total. The Morgan fingerprint density at radius 3 is 2.70 bits per heavy atom. The van der Waals surface area contributed by atoms with Crippen LogP contribution >= 0.6 is 0 Å². The minimum absolute atomic E-state index is 0.0526. The lowest BCUT2D eigenvalue weighted by Crippen LogP contribution is -2.81. The van der Waals surface area contributed by atoms with Crippen molar-refractivity contribution >= 4 is 0 Å². The number of fused-ring (bicyclic) bond motifs is 1. The minimum Gasteiger partial charge on any atom is -0.380 e. The van der Waals surface area contributed by atoms with Gasteiger partial charge in [-0.05, 0) is 32.6 Å². The molecule has 0 radical (unpaired) electrons. The molecule has 3 aliphatic rings.